The highest BCUT2D eigenvalue weighted by molar-refractivity contribution is 6.03. The number of halogens is 3. The van der Waals surface area contributed by atoms with Crippen LogP contribution in [-0.4, -0.2) is 15.7 Å². The first kappa shape index (κ1) is 16.7. The van der Waals surface area contributed by atoms with Crippen molar-refractivity contribution in [1.82, 2.24) is 9.97 Å². The van der Waals surface area contributed by atoms with Crippen molar-refractivity contribution in [2.45, 2.75) is 37.8 Å². The molecule has 132 valence electrons. The third kappa shape index (κ3) is 3.07. The number of nitrogens with zero attached hydrogens (tertiary/aromatic N) is 4. The molecule has 2 heterocycles. The lowest BCUT2D eigenvalue weighted by Crippen LogP contribution is -2.16. The second kappa shape index (κ2) is 6.20. The van der Waals surface area contributed by atoms with E-state index in [9.17, 15) is 18.4 Å². The quantitative estimate of drug-likeness (QED) is 0.778. The minimum atomic E-state index is -4.56. The molecule has 0 N–H and O–H groups in total. The Hall–Kier alpha value is -2.75. The van der Waals surface area contributed by atoms with Crippen LogP contribution in [0, 0.1) is 17.2 Å². The maximum Gasteiger partial charge on any atom is 0.434 e. The Kier molecular flexibility index (Phi) is 3.98. The molecule has 2 aromatic rings. The van der Waals surface area contributed by atoms with Gasteiger partial charge in [-0.25, -0.2) is 9.97 Å². The smallest absolute Gasteiger partial charge is 0.252 e. The zero-order chi connectivity index (χ0) is 18.3. The van der Waals surface area contributed by atoms with E-state index in [0.29, 0.717) is 35.7 Å². The summed E-state index contributed by atoms with van der Waals surface area (Å²) < 4.78 is 40.0. The highest BCUT2D eigenvalue weighted by atomic mass is 19.4. The molecule has 4 rings (SSSR count). The summed E-state index contributed by atoms with van der Waals surface area (Å²) >= 11 is 0. The van der Waals surface area contributed by atoms with Gasteiger partial charge in [0.15, 0.2) is 5.69 Å². The van der Waals surface area contributed by atoms with E-state index >= 15 is 0 Å². The van der Waals surface area contributed by atoms with Gasteiger partial charge in [-0.1, -0.05) is 0 Å². The molecule has 0 radical (unpaired) electrons. The van der Waals surface area contributed by atoms with Crippen LogP contribution in [0.25, 0.3) is 0 Å². The molecule has 4 nitrogen and oxygen atoms in total. The topological polar surface area (TPSA) is 61.9 Å². The molecule has 1 atom stereocenters. The van der Waals surface area contributed by atoms with Gasteiger partial charge < -0.3 is 0 Å². The van der Waals surface area contributed by atoms with E-state index in [4.69, 9.17) is 0 Å². The number of aliphatic imine (C=N–C) groups is 1. The maximum absolute atomic E-state index is 13.3. The number of hydrogen-bond donors (Lipinski definition) is 0. The fourth-order valence-corrected chi connectivity index (χ4v) is 3.62. The third-order valence-corrected chi connectivity index (χ3v) is 4.99. The van der Waals surface area contributed by atoms with Crippen molar-refractivity contribution in [3.05, 3.63) is 53.1 Å². The van der Waals surface area contributed by atoms with Crippen molar-refractivity contribution in [1.29, 1.82) is 5.26 Å². The van der Waals surface area contributed by atoms with Crippen LogP contribution in [0.1, 0.15) is 54.0 Å². The molecule has 1 aliphatic heterocycles. The molecule has 0 bridgehead atoms. The Morgan fingerprint density at radius 3 is 2.65 bits per heavy atom. The van der Waals surface area contributed by atoms with Gasteiger partial charge in [0, 0.05) is 11.8 Å². The first-order valence-electron chi connectivity index (χ1n) is 8.46. The molecule has 1 aromatic heterocycles. The molecule has 0 amide bonds. The van der Waals surface area contributed by atoms with Gasteiger partial charge in [-0.3, -0.25) is 4.99 Å². The summed E-state index contributed by atoms with van der Waals surface area (Å²) in [6.07, 6.45) is 0.887. The minimum absolute atomic E-state index is 0.0632. The van der Waals surface area contributed by atoms with Crippen molar-refractivity contribution in [3.8, 4) is 6.07 Å². The van der Waals surface area contributed by atoms with E-state index in [0.717, 1.165) is 24.7 Å². The molecule has 2 aliphatic rings. The predicted molar refractivity (Wildman–Crippen MR) is 89.1 cm³/mol. The van der Waals surface area contributed by atoms with E-state index in [1.54, 1.807) is 12.1 Å². The van der Waals surface area contributed by atoms with Crippen molar-refractivity contribution < 1.29 is 13.2 Å². The van der Waals surface area contributed by atoms with Gasteiger partial charge in [-0.2, -0.15) is 18.4 Å². The standard InChI is InChI=1S/C19H15F3N4/c20-19(21,22)18-15(9-24-10-25-18)17-6-4-13(12-2-3-12)14-7-11(8-23)1-5-16(14)26-17/h1,5,7,9-10,12-13H,2-4,6H2. The largest absolute Gasteiger partial charge is 0.434 e. The first-order chi connectivity index (χ1) is 12.5. The average Bonchev–Trinajstić information content (AvgIpc) is 3.46. The Morgan fingerprint density at radius 1 is 1.15 bits per heavy atom. The van der Waals surface area contributed by atoms with Gasteiger partial charge in [0.25, 0.3) is 0 Å². The zero-order valence-electron chi connectivity index (χ0n) is 13.8. The summed E-state index contributed by atoms with van der Waals surface area (Å²) in [7, 11) is 0. The Morgan fingerprint density at radius 2 is 1.96 bits per heavy atom. The van der Waals surface area contributed by atoms with Gasteiger partial charge in [0.2, 0.25) is 0 Å². The lowest BCUT2D eigenvalue weighted by atomic mass is 9.87. The highest BCUT2D eigenvalue weighted by Crippen LogP contribution is 2.49. The van der Waals surface area contributed by atoms with E-state index in [1.165, 1.54) is 6.20 Å². The lowest BCUT2D eigenvalue weighted by molar-refractivity contribution is -0.141. The molecule has 1 aromatic carbocycles. The number of fused-ring (bicyclic) bond motifs is 1. The van der Waals surface area contributed by atoms with Crippen molar-refractivity contribution in [2.24, 2.45) is 10.9 Å². The van der Waals surface area contributed by atoms with Gasteiger partial charge in [-0.15, -0.1) is 0 Å². The molecule has 1 unspecified atom stereocenters. The van der Waals surface area contributed by atoms with Crippen LogP contribution >= 0.6 is 0 Å². The lowest BCUT2D eigenvalue weighted by Gasteiger charge is -2.16. The van der Waals surface area contributed by atoms with Gasteiger partial charge in [-0.05, 0) is 61.3 Å². The summed E-state index contributed by atoms with van der Waals surface area (Å²) in [4.78, 5) is 11.8. The number of rotatable bonds is 2. The van der Waals surface area contributed by atoms with Gasteiger partial charge in [0.05, 0.1) is 23.0 Å². The molecular weight excluding hydrogens is 341 g/mol. The van der Waals surface area contributed by atoms with E-state index in [2.05, 4.69) is 21.0 Å². The molecular formula is C19H15F3N4. The van der Waals surface area contributed by atoms with Crippen LogP contribution in [0.2, 0.25) is 0 Å². The fourth-order valence-electron chi connectivity index (χ4n) is 3.62. The van der Waals surface area contributed by atoms with Crippen molar-refractivity contribution >= 4 is 11.4 Å². The Bertz CT molecular complexity index is 923. The minimum Gasteiger partial charge on any atom is -0.252 e. The average molecular weight is 356 g/mol. The maximum atomic E-state index is 13.3. The number of aromatic nitrogens is 2. The van der Waals surface area contributed by atoms with E-state index in [1.807, 2.05) is 6.07 Å². The highest BCUT2D eigenvalue weighted by Gasteiger charge is 2.39. The summed E-state index contributed by atoms with van der Waals surface area (Å²) in [6.45, 7) is 0. The molecule has 1 fully saturated rings. The van der Waals surface area contributed by atoms with E-state index < -0.39 is 11.9 Å². The Balaban J connectivity index is 1.83. The normalized spacial score (nSPS) is 19.9. The Labute approximate surface area is 148 Å². The summed E-state index contributed by atoms with van der Waals surface area (Å²) in [6, 6.07) is 7.34. The third-order valence-electron chi connectivity index (χ3n) is 4.99. The molecule has 1 saturated carbocycles. The van der Waals surface area contributed by atoms with Crippen molar-refractivity contribution in [2.75, 3.05) is 0 Å². The summed E-state index contributed by atoms with van der Waals surface area (Å²) in [5.41, 5.74) is 1.49. The number of benzene rings is 1. The van der Waals surface area contributed by atoms with Crippen LogP contribution < -0.4 is 0 Å². The van der Waals surface area contributed by atoms with Crippen molar-refractivity contribution in [3.63, 3.8) is 0 Å². The van der Waals surface area contributed by atoms with E-state index in [-0.39, 0.29) is 11.5 Å². The number of nitriles is 1. The van der Waals surface area contributed by atoms with Crippen LogP contribution in [0.4, 0.5) is 18.9 Å². The summed E-state index contributed by atoms with van der Waals surface area (Å²) in [5.74, 6) is 0.741. The second-order valence-corrected chi connectivity index (χ2v) is 6.71. The zero-order valence-corrected chi connectivity index (χ0v) is 13.8. The van der Waals surface area contributed by atoms with Crippen LogP contribution in [0.5, 0.6) is 0 Å². The first-order valence-corrected chi connectivity index (χ1v) is 8.46. The monoisotopic (exact) mass is 356 g/mol. The molecule has 0 saturated heterocycles. The second-order valence-electron chi connectivity index (χ2n) is 6.71. The van der Waals surface area contributed by atoms with Crippen LogP contribution in [-0.2, 0) is 6.18 Å². The fraction of sp³-hybridized carbons (Fsp3) is 0.368. The molecule has 0 spiro atoms. The number of alkyl halides is 3. The van der Waals surface area contributed by atoms with Crippen LogP contribution in [0.3, 0.4) is 0 Å². The summed E-state index contributed by atoms with van der Waals surface area (Å²) in [5, 5.41) is 9.18. The molecule has 26 heavy (non-hydrogen) atoms. The number of hydrogen-bond acceptors (Lipinski definition) is 4. The van der Waals surface area contributed by atoms with Crippen LogP contribution in [0.15, 0.2) is 35.7 Å². The predicted octanol–water partition coefficient (Wildman–Crippen LogP) is 4.78. The van der Waals surface area contributed by atoms with Gasteiger partial charge >= 0.3 is 6.18 Å². The molecule has 7 heteroatoms. The molecule has 1 aliphatic carbocycles. The SMILES string of the molecule is N#Cc1ccc2c(c1)C(C1CC1)CCC(c1cncnc1C(F)(F)F)=N2. The van der Waals surface area contributed by atoms with Gasteiger partial charge in [0.1, 0.15) is 6.33 Å².